The van der Waals surface area contributed by atoms with E-state index < -0.39 is 0 Å². The third kappa shape index (κ3) is 3.80. The summed E-state index contributed by atoms with van der Waals surface area (Å²) in [5.74, 6) is 0.754. The lowest BCUT2D eigenvalue weighted by atomic mass is 10.2. The number of aromatic nitrogens is 1. The number of hydrogen-bond donors (Lipinski definition) is 1. The molecule has 1 aromatic heterocycles. The Morgan fingerprint density at radius 3 is 2.95 bits per heavy atom. The van der Waals surface area contributed by atoms with Gasteiger partial charge in [-0.15, -0.1) is 11.3 Å². The normalized spacial score (nSPS) is 11.8. The van der Waals surface area contributed by atoms with Crippen molar-refractivity contribution in [2.75, 3.05) is 6.61 Å². The highest BCUT2D eigenvalue weighted by atomic mass is 32.1. The monoisotopic (exact) mass is 287 g/mol. The number of nitriles is 1. The topological polar surface area (TPSA) is 57.9 Å². The molecule has 1 unspecified atom stereocenters. The largest absolute Gasteiger partial charge is 0.478 e. The van der Waals surface area contributed by atoms with Crippen LogP contribution < -0.4 is 10.1 Å². The SMILES string of the molecule is Cc1cnc(C(C)NCc2ccccc2OCC#N)s1. The van der Waals surface area contributed by atoms with Gasteiger partial charge in [-0.2, -0.15) is 5.26 Å². The van der Waals surface area contributed by atoms with Crippen LogP contribution >= 0.6 is 11.3 Å². The van der Waals surface area contributed by atoms with Gasteiger partial charge >= 0.3 is 0 Å². The van der Waals surface area contributed by atoms with E-state index in [1.807, 2.05) is 36.5 Å². The molecule has 4 nitrogen and oxygen atoms in total. The van der Waals surface area contributed by atoms with E-state index >= 15 is 0 Å². The fraction of sp³-hybridized carbons (Fsp3) is 0.333. The molecule has 0 saturated carbocycles. The molecule has 1 aromatic carbocycles. The van der Waals surface area contributed by atoms with Gasteiger partial charge in [-0.1, -0.05) is 18.2 Å². The molecular formula is C15H17N3OS. The lowest BCUT2D eigenvalue weighted by Gasteiger charge is -2.13. The lowest BCUT2D eigenvalue weighted by molar-refractivity contribution is 0.361. The molecule has 5 heteroatoms. The van der Waals surface area contributed by atoms with Crippen molar-refractivity contribution in [3.63, 3.8) is 0 Å². The van der Waals surface area contributed by atoms with E-state index in [0.717, 1.165) is 16.3 Å². The minimum absolute atomic E-state index is 0.0677. The second kappa shape index (κ2) is 7.04. The van der Waals surface area contributed by atoms with Crippen LogP contribution in [-0.4, -0.2) is 11.6 Å². The van der Waals surface area contributed by atoms with E-state index in [9.17, 15) is 0 Å². The van der Waals surface area contributed by atoms with Gasteiger partial charge in [0.2, 0.25) is 0 Å². The average molecular weight is 287 g/mol. The summed E-state index contributed by atoms with van der Waals surface area (Å²) < 4.78 is 5.41. The predicted octanol–water partition coefficient (Wildman–Crippen LogP) is 3.20. The molecule has 0 saturated heterocycles. The Morgan fingerprint density at radius 2 is 2.25 bits per heavy atom. The Morgan fingerprint density at radius 1 is 1.45 bits per heavy atom. The van der Waals surface area contributed by atoms with Gasteiger partial charge in [0.1, 0.15) is 16.8 Å². The minimum atomic E-state index is 0.0677. The van der Waals surface area contributed by atoms with Crippen molar-refractivity contribution in [1.29, 1.82) is 5.26 Å². The van der Waals surface area contributed by atoms with E-state index in [2.05, 4.69) is 24.1 Å². The zero-order chi connectivity index (χ0) is 14.4. The summed E-state index contributed by atoms with van der Waals surface area (Å²) in [5.41, 5.74) is 1.04. The van der Waals surface area contributed by atoms with Crippen molar-refractivity contribution in [2.24, 2.45) is 0 Å². The Kier molecular flexibility index (Phi) is 5.10. The molecular weight excluding hydrogens is 270 g/mol. The molecule has 0 bridgehead atoms. The number of nitrogens with one attached hydrogen (secondary N) is 1. The Labute approximate surface area is 123 Å². The van der Waals surface area contributed by atoms with Crippen LogP contribution in [0, 0.1) is 18.3 Å². The van der Waals surface area contributed by atoms with Gasteiger partial charge in [0.15, 0.2) is 6.61 Å². The molecule has 1 N–H and O–H groups in total. The van der Waals surface area contributed by atoms with Gasteiger partial charge < -0.3 is 10.1 Å². The maximum atomic E-state index is 8.59. The molecule has 1 heterocycles. The number of thiazole rings is 1. The number of nitrogens with zero attached hydrogens (tertiary/aromatic N) is 2. The van der Waals surface area contributed by atoms with Gasteiger partial charge in [-0.3, -0.25) is 0 Å². The number of aryl methyl sites for hydroxylation is 1. The predicted molar refractivity (Wildman–Crippen MR) is 79.7 cm³/mol. The molecule has 0 fully saturated rings. The van der Waals surface area contributed by atoms with E-state index in [1.165, 1.54) is 4.88 Å². The van der Waals surface area contributed by atoms with Crippen LogP contribution in [0.4, 0.5) is 0 Å². The van der Waals surface area contributed by atoms with Crippen molar-refractivity contribution in [3.05, 3.63) is 45.9 Å². The molecule has 20 heavy (non-hydrogen) atoms. The van der Waals surface area contributed by atoms with Crippen LogP contribution in [0.15, 0.2) is 30.5 Å². The molecule has 104 valence electrons. The van der Waals surface area contributed by atoms with Crippen LogP contribution in [0.25, 0.3) is 0 Å². The first kappa shape index (κ1) is 14.5. The summed E-state index contributed by atoms with van der Waals surface area (Å²) in [5, 5.41) is 13.1. The standard InChI is InChI=1S/C15H17N3OS/c1-11-9-18-15(20-11)12(2)17-10-13-5-3-4-6-14(13)19-8-7-16/h3-6,9,12,17H,8,10H2,1-2H3. The quantitative estimate of drug-likeness (QED) is 0.886. The van der Waals surface area contributed by atoms with E-state index in [1.54, 1.807) is 11.3 Å². The van der Waals surface area contributed by atoms with Gasteiger partial charge in [0.05, 0.1) is 6.04 Å². The molecule has 0 radical (unpaired) electrons. The summed E-state index contributed by atoms with van der Waals surface area (Å²) in [6.45, 7) is 4.90. The lowest BCUT2D eigenvalue weighted by Crippen LogP contribution is -2.18. The Bertz CT molecular complexity index is 603. The fourth-order valence-corrected chi connectivity index (χ4v) is 2.62. The van der Waals surface area contributed by atoms with Gasteiger partial charge in [-0.25, -0.2) is 4.98 Å². The van der Waals surface area contributed by atoms with E-state index in [4.69, 9.17) is 10.00 Å². The average Bonchev–Trinajstić information content (AvgIpc) is 2.90. The van der Waals surface area contributed by atoms with Crippen LogP contribution in [0.3, 0.4) is 0 Å². The highest BCUT2D eigenvalue weighted by molar-refractivity contribution is 7.11. The maximum absolute atomic E-state index is 8.59. The molecule has 0 amide bonds. The zero-order valence-corrected chi connectivity index (χ0v) is 12.4. The Hall–Kier alpha value is -1.90. The molecule has 0 aliphatic rings. The first-order chi connectivity index (χ1) is 9.70. The molecule has 1 atom stereocenters. The Balaban J connectivity index is 1.98. The second-order valence-electron chi connectivity index (χ2n) is 4.47. The smallest absolute Gasteiger partial charge is 0.174 e. The van der Waals surface area contributed by atoms with Crippen molar-refractivity contribution < 1.29 is 4.74 Å². The number of para-hydroxylation sites is 1. The van der Waals surface area contributed by atoms with Crippen molar-refractivity contribution >= 4 is 11.3 Å². The fourth-order valence-electron chi connectivity index (χ4n) is 1.82. The molecule has 2 rings (SSSR count). The molecule has 0 aliphatic heterocycles. The van der Waals surface area contributed by atoms with Crippen LogP contribution in [-0.2, 0) is 6.54 Å². The van der Waals surface area contributed by atoms with Gasteiger partial charge in [0, 0.05) is 23.2 Å². The first-order valence-corrected chi connectivity index (χ1v) is 7.25. The summed E-state index contributed by atoms with van der Waals surface area (Å²) in [6, 6.07) is 9.93. The number of benzene rings is 1. The minimum Gasteiger partial charge on any atom is -0.478 e. The third-order valence-electron chi connectivity index (χ3n) is 2.87. The van der Waals surface area contributed by atoms with Gasteiger partial charge in [0.25, 0.3) is 0 Å². The van der Waals surface area contributed by atoms with Crippen molar-refractivity contribution in [2.45, 2.75) is 26.4 Å². The first-order valence-electron chi connectivity index (χ1n) is 6.44. The highest BCUT2D eigenvalue weighted by Crippen LogP contribution is 2.22. The van der Waals surface area contributed by atoms with Crippen molar-refractivity contribution in [1.82, 2.24) is 10.3 Å². The van der Waals surface area contributed by atoms with Crippen LogP contribution in [0.2, 0.25) is 0 Å². The number of ether oxygens (including phenoxy) is 1. The highest BCUT2D eigenvalue weighted by Gasteiger charge is 2.10. The van der Waals surface area contributed by atoms with E-state index in [-0.39, 0.29) is 12.6 Å². The zero-order valence-electron chi connectivity index (χ0n) is 11.6. The summed E-state index contributed by atoms with van der Waals surface area (Å²) in [6.07, 6.45) is 1.89. The van der Waals surface area contributed by atoms with Gasteiger partial charge in [-0.05, 0) is 19.9 Å². The number of rotatable bonds is 6. The number of hydrogen-bond acceptors (Lipinski definition) is 5. The van der Waals surface area contributed by atoms with Crippen LogP contribution in [0.1, 0.15) is 28.4 Å². The molecule has 0 aliphatic carbocycles. The maximum Gasteiger partial charge on any atom is 0.174 e. The summed E-state index contributed by atoms with van der Waals surface area (Å²) in [4.78, 5) is 5.60. The molecule has 0 spiro atoms. The summed E-state index contributed by atoms with van der Waals surface area (Å²) >= 11 is 1.70. The summed E-state index contributed by atoms with van der Waals surface area (Å²) in [7, 11) is 0. The van der Waals surface area contributed by atoms with E-state index in [0.29, 0.717) is 6.54 Å². The van der Waals surface area contributed by atoms with Crippen LogP contribution in [0.5, 0.6) is 5.75 Å². The molecule has 2 aromatic rings. The van der Waals surface area contributed by atoms with Crippen molar-refractivity contribution in [3.8, 4) is 11.8 Å². The second-order valence-corrected chi connectivity index (χ2v) is 5.73. The third-order valence-corrected chi connectivity index (χ3v) is 3.97.